The first-order valence-corrected chi connectivity index (χ1v) is 6.62. The van der Waals surface area contributed by atoms with Crippen molar-refractivity contribution in [3.63, 3.8) is 0 Å². The van der Waals surface area contributed by atoms with Gasteiger partial charge in [0.25, 0.3) is 0 Å². The molecule has 1 aliphatic heterocycles. The number of ketones is 1. The predicted octanol–water partition coefficient (Wildman–Crippen LogP) is 3.20. The summed E-state index contributed by atoms with van der Waals surface area (Å²) in [6, 6.07) is 7.49. The number of hydrogen-bond acceptors (Lipinski definition) is 4. The van der Waals surface area contributed by atoms with Gasteiger partial charge in [0.05, 0.1) is 17.9 Å². The first kappa shape index (κ1) is 12.9. The lowest BCUT2D eigenvalue weighted by atomic mass is 10.1. The Balaban J connectivity index is 2.21. The topological polar surface area (TPSA) is 43.4 Å². The second-order valence-corrected chi connectivity index (χ2v) is 5.07. The van der Waals surface area contributed by atoms with Crippen LogP contribution >= 0.6 is 11.8 Å². The Kier molecular flexibility index (Phi) is 3.87. The summed E-state index contributed by atoms with van der Waals surface area (Å²) in [6.45, 7) is 3.94. The molecule has 3 nitrogen and oxygen atoms in total. The molecule has 0 saturated carbocycles. The number of ether oxygens (including phenoxy) is 1. The van der Waals surface area contributed by atoms with E-state index in [-0.39, 0.29) is 18.2 Å². The molecule has 1 aromatic rings. The SMILES string of the molecule is CCOC(=O)C/C(C)=C1/Sc2ccccc2C1=O. The van der Waals surface area contributed by atoms with Crippen molar-refractivity contribution in [3.8, 4) is 0 Å². The van der Waals surface area contributed by atoms with E-state index in [0.717, 1.165) is 16.0 Å². The van der Waals surface area contributed by atoms with Crippen molar-refractivity contribution in [1.29, 1.82) is 0 Å². The van der Waals surface area contributed by atoms with E-state index < -0.39 is 0 Å². The van der Waals surface area contributed by atoms with E-state index in [0.29, 0.717) is 11.5 Å². The summed E-state index contributed by atoms with van der Waals surface area (Å²) in [5.74, 6) is -0.274. The lowest BCUT2D eigenvalue weighted by Crippen LogP contribution is -2.06. The van der Waals surface area contributed by atoms with Crippen molar-refractivity contribution in [2.75, 3.05) is 6.61 Å². The number of hydrogen-bond donors (Lipinski definition) is 0. The predicted molar refractivity (Wildman–Crippen MR) is 70.6 cm³/mol. The molecule has 0 unspecified atom stereocenters. The first-order chi connectivity index (χ1) is 8.63. The Hall–Kier alpha value is -1.55. The van der Waals surface area contributed by atoms with Crippen molar-refractivity contribution < 1.29 is 14.3 Å². The third-order valence-corrected chi connectivity index (χ3v) is 3.97. The van der Waals surface area contributed by atoms with Gasteiger partial charge in [-0.05, 0) is 31.6 Å². The largest absolute Gasteiger partial charge is 0.466 e. The van der Waals surface area contributed by atoms with Gasteiger partial charge >= 0.3 is 5.97 Å². The molecule has 0 amide bonds. The standard InChI is InChI=1S/C14H14O3S/c1-3-17-12(15)8-9(2)14-13(16)10-6-4-5-7-11(10)18-14/h4-7H,3,8H2,1-2H3/b14-9+. The van der Waals surface area contributed by atoms with E-state index in [1.54, 1.807) is 6.92 Å². The van der Waals surface area contributed by atoms with Crippen molar-refractivity contribution in [3.05, 3.63) is 40.3 Å². The Bertz CT molecular complexity index is 532. The van der Waals surface area contributed by atoms with Crippen LogP contribution in [0.25, 0.3) is 0 Å². The minimum Gasteiger partial charge on any atom is -0.466 e. The highest BCUT2D eigenvalue weighted by Gasteiger charge is 2.27. The summed E-state index contributed by atoms with van der Waals surface area (Å²) in [7, 11) is 0. The molecule has 0 atom stereocenters. The Morgan fingerprint density at radius 1 is 1.33 bits per heavy atom. The summed E-state index contributed by atoms with van der Waals surface area (Å²) in [6.07, 6.45) is 0.176. The van der Waals surface area contributed by atoms with Crippen molar-refractivity contribution in [1.82, 2.24) is 0 Å². The number of fused-ring (bicyclic) bond motifs is 1. The Morgan fingerprint density at radius 2 is 2.06 bits per heavy atom. The van der Waals surface area contributed by atoms with Gasteiger partial charge in [-0.15, -0.1) is 0 Å². The maximum absolute atomic E-state index is 12.1. The smallest absolute Gasteiger partial charge is 0.309 e. The zero-order chi connectivity index (χ0) is 13.1. The second-order valence-electron chi connectivity index (χ2n) is 4.02. The van der Waals surface area contributed by atoms with Gasteiger partial charge in [0.1, 0.15) is 0 Å². The summed E-state index contributed by atoms with van der Waals surface area (Å²) in [4.78, 5) is 25.2. The monoisotopic (exact) mass is 262 g/mol. The average Bonchev–Trinajstić information content (AvgIpc) is 2.68. The van der Waals surface area contributed by atoms with E-state index in [2.05, 4.69) is 0 Å². The van der Waals surface area contributed by atoms with Gasteiger partial charge in [-0.1, -0.05) is 23.9 Å². The number of rotatable bonds is 3. The fraction of sp³-hybridized carbons (Fsp3) is 0.286. The van der Waals surface area contributed by atoms with E-state index in [1.807, 2.05) is 31.2 Å². The van der Waals surface area contributed by atoms with E-state index in [4.69, 9.17) is 4.74 Å². The van der Waals surface area contributed by atoms with Crippen molar-refractivity contribution >= 4 is 23.5 Å². The van der Waals surface area contributed by atoms with Crippen LogP contribution in [0.2, 0.25) is 0 Å². The third kappa shape index (κ3) is 2.48. The number of allylic oxidation sites excluding steroid dienone is 1. The normalized spacial score (nSPS) is 16.4. The molecule has 0 saturated heterocycles. The van der Waals surface area contributed by atoms with Crippen LogP contribution in [0.1, 0.15) is 30.6 Å². The molecule has 4 heteroatoms. The molecule has 0 N–H and O–H groups in total. The number of carbonyl (C=O) groups is 2. The van der Waals surface area contributed by atoms with Gasteiger partial charge in [-0.25, -0.2) is 0 Å². The fourth-order valence-electron chi connectivity index (χ4n) is 1.81. The summed E-state index contributed by atoms with van der Waals surface area (Å²) < 4.78 is 4.89. The molecule has 18 heavy (non-hydrogen) atoms. The lowest BCUT2D eigenvalue weighted by Gasteiger charge is -2.04. The number of esters is 1. The van der Waals surface area contributed by atoms with E-state index >= 15 is 0 Å². The second kappa shape index (κ2) is 5.40. The molecule has 0 fully saturated rings. The number of Topliss-reactive ketones (excluding diaryl/α,β-unsaturated/α-hetero) is 1. The highest BCUT2D eigenvalue weighted by Crippen LogP contribution is 2.41. The lowest BCUT2D eigenvalue weighted by molar-refractivity contribution is -0.142. The van der Waals surface area contributed by atoms with Gasteiger partial charge in [-0.2, -0.15) is 0 Å². The van der Waals surface area contributed by atoms with Crippen LogP contribution in [0.4, 0.5) is 0 Å². The van der Waals surface area contributed by atoms with Crippen molar-refractivity contribution in [2.45, 2.75) is 25.2 Å². The minimum atomic E-state index is -0.285. The Labute approximate surface area is 110 Å². The number of thioether (sulfide) groups is 1. The van der Waals surface area contributed by atoms with Crippen LogP contribution in [0.3, 0.4) is 0 Å². The van der Waals surface area contributed by atoms with Gasteiger partial charge in [-0.3, -0.25) is 9.59 Å². The van der Waals surface area contributed by atoms with Crippen LogP contribution in [0.15, 0.2) is 39.6 Å². The molecule has 1 heterocycles. The zero-order valence-electron chi connectivity index (χ0n) is 10.4. The molecule has 0 aliphatic carbocycles. The average molecular weight is 262 g/mol. The van der Waals surface area contributed by atoms with Gasteiger partial charge < -0.3 is 4.74 Å². The molecule has 94 valence electrons. The third-order valence-electron chi connectivity index (χ3n) is 2.65. The zero-order valence-corrected chi connectivity index (χ0v) is 11.2. The highest BCUT2D eigenvalue weighted by atomic mass is 32.2. The summed E-state index contributed by atoms with van der Waals surface area (Å²) in [5.41, 5.74) is 1.50. The molecular weight excluding hydrogens is 248 g/mol. The van der Waals surface area contributed by atoms with Crippen LogP contribution in [0.5, 0.6) is 0 Å². The van der Waals surface area contributed by atoms with E-state index in [9.17, 15) is 9.59 Å². The van der Waals surface area contributed by atoms with Crippen LogP contribution in [-0.4, -0.2) is 18.4 Å². The first-order valence-electron chi connectivity index (χ1n) is 5.80. The molecule has 2 rings (SSSR count). The molecular formula is C14H14O3S. The van der Waals surface area contributed by atoms with Crippen LogP contribution in [-0.2, 0) is 9.53 Å². The fourth-order valence-corrected chi connectivity index (χ4v) is 2.90. The van der Waals surface area contributed by atoms with Crippen LogP contribution < -0.4 is 0 Å². The molecule has 0 spiro atoms. The highest BCUT2D eigenvalue weighted by molar-refractivity contribution is 8.04. The minimum absolute atomic E-state index is 0.0115. The maximum Gasteiger partial charge on any atom is 0.309 e. The van der Waals surface area contributed by atoms with Crippen LogP contribution in [0, 0.1) is 0 Å². The summed E-state index contributed by atoms with van der Waals surface area (Å²) >= 11 is 1.43. The van der Waals surface area contributed by atoms with E-state index in [1.165, 1.54) is 11.8 Å². The molecule has 0 aromatic heterocycles. The maximum atomic E-state index is 12.1. The molecule has 0 bridgehead atoms. The molecule has 1 aromatic carbocycles. The van der Waals surface area contributed by atoms with Crippen molar-refractivity contribution in [2.24, 2.45) is 0 Å². The van der Waals surface area contributed by atoms with Gasteiger partial charge in [0, 0.05) is 10.5 Å². The quantitative estimate of drug-likeness (QED) is 0.619. The number of carbonyl (C=O) groups excluding carboxylic acids is 2. The molecule has 1 aliphatic rings. The Morgan fingerprint density at radius 3 is 2.72 bits per heavy atom. The van der Waals surface area contributed by atoms with Gasteiger partial charge in [0.2, 0.25) is 5.78 Å². The number of benzene rings is 1. The van der Waals surface area contributed by atoms with Gasteiger partial charge in [0.15, 0.2) is 0 Å². The summed E-state index contributed by atoms with van der Waals surface area (Å²) in [5, 5.41) is 0. The molecule has 0 radical (unpaired) electrons.